The molecule has 7 heteroatoms. The van der Waals surface area contributed by atoms with E-state index >= 15 is 0 Å². The molecule has 0 bridgehead atoms. The Morgan fingerprint density at radius 2 is 2.00 bits per heavy atom. The molecule has 88 valence electrons. The third kappa shape index (κ3) is 2.11. The first-order chi connectivity index (χ1) is 8.02. The summed E-state index contributed by atoms with van der Waals surface area (Å²) in [4.78, 5) is 15.1. The molecule has 0 saturated carbocycles. The van der Waals surface area contributed by atoms with Gasteiger partial charge in [-0.3, -0.25) is 4.57 Å². The Bertz CT molecular complexity index is 595. The molecule has 2 heterocycles. The van der Waals surface area contributed by atoms with Crippen LogP contribution in [0.3, 0.4) is 0 Å². The number of pyridine rings is 1. The number of carboxylic acid groups (broad SMARTS) is 1. The molecule has 0 aromatic carbocycles. The van der Waals surface area contributed by atoms with Crippen molar-refractivity contribution in [1.82, 2.24) is 9.55 Å². The minimum absolute atomic E-state index is 0.0599. The molecule has 0 saturated heterocycles. The number of rotatable bonds is 2. The van der Waals surface area contributed by atoms with Gasteiger partial charge in [-0.1, -0.05) is 34.8 Å². The summed E-state index contributed by atoms with van der Waals surface area (Å²) in [7, 11) is 0. The normalized spacial score (nSPS) is 10.5. The zero-order valence-electron chi connectivity index (χ0n) is 8.19. The van der Waals surface area contributed by atoms with Crippen molar-refractivity contribution in [3.63, 3.8) is 0 Å². The summed E-state index contributed by atoms with van der Waals surface area (Å²) < 4.78 is 1.19. The zero-order chi connectivity index (χ0) is 12.6. The summed E-state index contributed by atoms with van der Waals surface area (Å²) >= 11 is 17.7. The van der Waals surface area contributed by atoms with Crippen LogP contribution in [0.2, 0.25) is 15.2 Å². The van der Waals surface area contributed by atoms with Gasteiger partial charge in [-0.25, -0.2) is 9.78 Å². The Morgan fingerprint density at radius 3 is 2.59 bits per heavy atom. The molecule has 1 N–H and O–H groups in total. The summed E-state index contributed by atoms with van der Waals surface area (Å²) in [6.07, 6.45) is 1.48. The predicted molar refractivity (Wildman–Crippen MR) is 65.6 cm³/mol. The van der Waals surface area contributed by atoms with E-state index in [4.69, 9.17) is 39.9 Å². The number of carboxylic acids is 1. The molecule has 2 rings (SSSR count). The standard InChI is InChI=1S/C10H5Cl3N2O2/c11-5-2-1-3-14-9(5)15-7(10(16)17)4-6(12)8(15)13/h1-4H,(H,16,17). The van der Waals surface area contributed by atoms with Gasteiger partial charge < -0.3 is 5.11 Å². The second kappa shape index (κ2) is 4.56. The quantitative estimate of drug-likeness (QED) is 0.921. The lowest BCUT2D eigenvalue weighted by Gasteiger charge is -2.08. The number of hydrogen-bond donors (Lipinski definition) is 1. The maximum Gasteiger partial charge on any atom is 0.353 e. The summed E-state index contributed by atoms with van der Waals surface area (Å²) in [6.45, 7) is 0. The first kappa shape index (κ1) is 12.2. The first-order valence-corrected chi connectivity index (χ1v) is 5.56. The highest BCUT2D eigenvalue weighted by molar-refractivity contribution is 6.42. The number of aromatic carboxylic acids is 1. The summed E-state index contributed by atoms with van der Waals surface area (Å²) in [6, 6.07) is 4.46. The lowest BCUT2D eigenvalue weighted by atomic mass is 10.4. The van der Waals surface area contributed by atoms with Gasteiger partial charge in [0.2, 0.25) is 0 Å². The highest BCUT2D eigenvalue weighted by Crippen LogP contribution is 2.31. The highest BCUT2D eigenvalue weighted by atomic mass is 35.5. The Balaban J connectivity index is 2.75. The Labute approximate surface area is 111 Å². The Morgan fingerprint density at radius 1 is 1.29 bits per heavy atom. The largest absolute Gasteiger partial charge is 0.477 e. The molecule has 2 aromatic heterocycles. The molecular formula is C10H5Cl3N2O2. The van der Waals surface area contributed by atoms with Gasteiger partial charge in [-0.2, -0.15) is 0 Å². The van der Waals surface area contributed by atoms with Crippen LogP contribution in [0.1, 0.15) is 10.5 Å². The molecule has 2 aromatic rings. The molecule has 0 fully saturated rings. The molecule has 0 aliphatic rings. The smallest absolute Gasteiger partial charge is 0.353 e. The van der Waals surface area contributed by atoms with Crippen LogP contribution in [0, 0.1) is 0 Å². The van der Waals surface area contributed by atoms with Crippen molar-refractivity contribution in [2.24, 2.45) is 0 Å². The zero-order valence-corrected chi connectivity index (χ0v) is 10.5. The van der Waals surface area contributed by atoms with Crippen LogP contribution in [0.4, 0.5) is 0 Å². The average Bonchev–Trinajstić information content (AvgIpc) is 2.57. The van der Waals surface area contributed by atoms with Crippen LogP contribution in [0.5, 0.6) is 0 Å². The summed E-state index contributed by atoms with van der Waals surface area (Å²) in [5.74, 6) is -0.941. The SMILES string of the molecule is O=C(O)c1cc(Cl)c(Cl)n1-c1ncccc1Cl. The van der Waals surface area contributed by atoms with Crippen molar-refractivity contribution in [2.45, 2.75) is 0 Å². The summed E-state index contributed by atoms with van der Waals surface area (Å²) in [5.41, 5.74) is -0.0967. The minimum Gasteiger partial charge on any atom is -0.477 e. The Hall–Kier alpha value is -1.23. The van der Waals surface area contributed by atoms with E-state index in [2.05, 4.69) is 4.98 Å². The molecule has 0 spiro atoms. The highest BCUT2D eigenvalue weighted by Gasteiger charge is 2.20. The van der Waals surface area contributed by atoms with Crippen molar-refractivity contribution >= 4 is 40.8 Å². The van der Waals surface area contributed by atoms with Gasteiger partial charge in [0, 0.05) is 6.20 Å². The van der Waals surface area contributed by atoms with Crippen LogP contribution in [-0.4, -0.2) is 20.6 Å². The van der Waals surface area contributed by atoms with Crippen molar-refractivity contribution in [3.8, 4) is 5.82 Å². The van der Waals surface area contributed by atoms with E-state index in [1.54, 1.807) is 12.1 Å². The second-order valence-electron chi connectivity index (χ2n) is 3.12. The fraction of sp³-hybridized carbons (Fsp3) is 0. The average molecular weight is 292 g/mol. The second-order valence-corrected chi connectivity index (χ2v) is 4.29. The van der Waals surface area contributed by atoms with Crippen LogP contribution in [-0.2, 0) is 0 Å². The first-order valence-electron chi connectivity index (χ1n) is 4.43. The van der Waals surface area contributed by atoms with Crippen LogP contribution in [0.15, 0.2) is 24.4 Å². The number of halogens is 3. The van der Waals surface area contributed by atoms with Crippen molar-refractivity contribution < 1.29 is 9.90 Å². The third-order valence-electron chi connectivity index (χ3n) is 2.07. The van der Waals surface area contributed by atoms with E-state index in [1.165, 1.54) is 16.8 Å². The number of nitrogens with zero attached hydrogens (tertiary/aromatic N) is 2. The van der Waals surface area contributed by atoms with E-state index in [0.717, 1.165) is 0 Å². The van der Waals surface area contributed by atoms with E-state index in [1.807, 2.05) is 0 Å². The van der Waals surface area contributed by atoms with E-state index in [9.17, 15) is 4.79 Å². The lowest BCUT2D eigenvalue weighted by molar-refractivity contribution is 0.0688. The van der Waals surface area contributed by atoms with Gasteiger partial charge in [0.05, 0.1) is 10.0 Å². The molecule has 0 aliphatic heterocycles. The van der Waals surface area contributed by atoms with Crippen molar-refractivity contribution in [2.75, 3.05) is 0 Å². The topological polar surface area (TPSA) is 55.1 Å². The molecule has 0 atom stereocenters. The van der Waals surface area contributed by atoms with Crippen LogP contribution < -0.4 is 0 Å². The maximum atomic E-state index is 11.1. The molecule has 4 nitrogen and oxygen atoms in total. The van der Waals surface area contributed by atoms with Gasteiger partial charge in [-0.05, 0) is 18.2 Å². The Kier molecular flexibility index (Phi) is 3.28. The number of carbonyl (C=O) groups is 1. The molecule has 0 unspecified atom stereocenters. The molecule has 17 heavy (non-hydrogen) atoms. The van der Waals surface area contributed by atoms with E-state index < -0.39 is 5.97 Å². The van der Waals surface area contributed by atoms with E-state index in [-0.39, 0.29) is 26.7 Å². The van der Waals surface area contributed by atoms with Gasteiger partial charge in [0.25, 0.3) is 0 Å². The lowest BCUT2D eigenvalue weighted by Crippen LogP contribution is -2.08. The predicted octanol–water partition coefficient (Wildman–Crippen LogP) is 3.53. The van der Waals surface area contributed by atoms with Crippen molar-refractivity contribution in [3.05, 3.63) is 45.3 Å². The van der Waals surface area contributed by atoms with Crippen molar-refractivity contribution in [1.29, 1.82) is 0 Å². The molecule has 0 radical (unpaired) electrons. The number of aromatic nitrogens is 2. The summed E-state index contributed by atoms with van der Waals surface area (Å²) in [5, 5.41) is 9.52. The fourth-order valence-electron chi connectivity index (χ4n) is 1.36. The number of hydrogen-bond acceptors (Lipinski definition) is 2. The van der Waals surface area contributed by atoms with Gasteiger partial charge >= 0.3 is 5.97 Å². The maximum absolute atomic E-state index is 11.1. The molecular weight excluding hydrogens is 286 g/mol. The monoisotopic (exact) mass is 290 g/mol. The fourth-order valence-corrected chi connectivity index (χ4v) is 1.98. The molecule has 0 amide bonds. The van der Waals surface area contributed by atoms with Crippen LogP contribution >= 0.6 is 34.8 Å². The molecule has 0 aliphatic carbocycles. The van der Waals surface area contributed by atoms with E-state index in [0.29, 0.717) is 0 Å². The minimum atomic E-state index is -1.17. The van der Waals surface area contributed by atoms with Gasteiger partial charge in [0.1, 0.15) is 10.8 Å². The van der Waals surface area contributed by atoms with Gasteiger partial charge in [-0.15, -0.1) is 0 Å². The third-order valence-corrected chi connectivity index (χ3v) is 3.12. The van der Waals surface area contributed by atoms with Crippen LogP contribution in [0.25, 0.3) is 5.82 Å². The van der Waals surface area contributed by atoms with Gasteiger partial charge in [0.15, 0.2) is 5.82 Å².